The summed E-state index contributed by atoms with van der Waals surface area (Å²) in [4.78, 5) is 12.0. The molecule has 1 aliphatic carbocycles. The van der Waals surface area contributed by atoms with Crippen LogP contribution >= 0.6 is 0 Å². The summed E-state index contributed by atoms with van der Waals surface area (Å²) in [6, 6.07) is 0.683. The van der Waals surface area contributed by atoms with E-state index in [2.05, 4.69) is 5.32 Å². The van der Waals surface area contributed by atoms with Gasteiger partial charge in [-0.3, -0.25) is 4.79 Å². The first-order chi connectivity index (χ1) is 9.20. The first-order valence-corrected chi connectivity index (χ1v) is 7.91. The van der Waals surface area contributed by atoms with Crippen molar-refractivity contribution in [2.75, 3.05) is 0 Å². The highest BCUT2D eigenvalue weighted by Gasteiger charge is 2.41. The minimum Gasteiger partial charge on any atom is -0.373 e. The van der Waals surface area contributed by atoms with Gasteiger partial charge in [0, 0.05) is 12.5 Å². The van der Waals surface area contributed by atoms with Crippen LogP contribution in [-0.4, -0.2) is 30.2 Å². The van der Waals surface area contributed by atoms with Gasteiger partial charge in [-0.1, -0.05) is 0 Å². The summed E-state index contributed by atoms with van der Waals surface area (Å²) in [5, 5.41) is 3.17. The lowest BCUT2D eigenvalue weighted by Gasteiger charge is -2.26. The van der Waals surface area contributed by atoms with Crippen molar-refractivity contribution in [2.45, 2.75) is 82.1 Å². The van der Waals surface area contributed by atoms with Crippen molar-refractivity contribution in [1.29, 1.82) is 0 Å². The third kappa shape index (κ3) is 3.29. The first-order valence-electron chi connectivity index (χ1n) is 7.91. The summed E-state index contributed by atoms with van der Waals surface area (Å²) in [7, 11) is 0. The maximum atomic E-state index is 12.0. The molecule has 2 aliphatic heterocycles. The molecular formula is C15H26N2O2. The van der Waals surface area contributed by atoms with Crippen molar-refractivity contribution >= 4 is 5.91 Å². The summed E-state index contributed by atoms with van der Waals surface area (Å²) in [6.45, 7) is 0. The van der Waals surface area contributed by atoms with E-state index in [4.69, 9.17) is 10.5 Å². The van der Waals surface area contributed by atoms with Crippen molar-refractivity contribution < 1.29 is 9.53 Å². The van der Waals surface area contributed by atoms with E-state index < -0.39 is 0 Å². The van der Waals surface area contributed by atoms with E-state index in [-0.39, 0.29) is 11.9 Å². The maximum absolute atomic E-state index is 12.0. The van der Waals surface area contributed by atoms with Crippen LogP contribution in [0.3, 0.4) is 0 Å². The molecule has 1 saturated carbocycles. The van der Waals surface area contributed by atoms with E-state index in [9.17, 15) is 4.79 Å². The molecule has 4 nitrogen and oxygen atoms in total. The smallest absolute Gasteiger partial charge is 0.220 e. The Morgan fingerprint density at radius 1 is 1.16 bits per heavy atom. The Bertz CT molecular complexity index is 326. The molecule has 3 rings (SSSR count). The highest BCUT2D eigenvalue weighted by molar-refractivity contribution is 5.76. The van der Waals surface area contributed by atoms with Crippen molar-refractivity contribution in [2.24, 2.45) is 11.7 Å². The van der Waals surface area contributed by atoms with Crippen molar-refractivity contribution in [1.82, 2.24) is 5.32 Å². The van der Waals surface area contributed by atoms with Gasteiger partial charge < -0.3 is 15.8 Å². The van der Waals surface area contributed by atoms with Gasteiger partial charge in [0.25, 0.3) is 0 Å². The molecule has 4 heteroatoms. The van der Waals surface area contributed by atoms with Gasteiger partial charge in [0.2, 0.25) is 5.91 Å². The van der Waals surface area contributed by atoms with Crippen LogP contribution in [0.15, 0.2) is 0 Å². The summed E-state index contributed by atoms with van der Waals surface area (Å²) >= 11 is 0. The number of nitrogens with one attached hydrogen (secondary N) is 1. The van der Waals surface area contributed by atoms with Crippen LogP contribution < -0.4 is 11.1 Å². The van der Waals surface area contributed by atoms with Crippen LogP contribution in [0.4, 0.5) is 0 Å². The Kier molecular flexibility index (Phi) is 4.08. The Labute approximate surface area is 115 Å². The van der Waals surface area contributed by atoms with Crippen LogP contribution in [0, 0.1) is 5.92 Å². The number of hydrogen-bond donors (Lipinski definition) is 2. The minimum absolute atomic E-state index is 0.219. The van der Waals surface area contributed by atoms with Crippen LogP contribution in [0.5, 0.6) is 0 Å². The number of nitrogens with two attached hydrogens (primary N) is 1. The third-order valence-electron chi connectivity index (χ3n) is 5.12. The number of fused-ring (bicyclic) bond motifs is 2. The van der Waals surface area contributed by atoms with E-state index in [1.165, 1.54) is 19.3 Å². The van der Waals surface area contributed by atoms with Crippen LogP contribution in [0.1, 0.15) is 57.8 Å². The number of rotatable bonds is 4. The van der Waals surface area contributed by atoms with Gasteiger partial charge in [0.1, 0.15) is 0 Å². The predicted octanol–water partition coefficient (Wildman–Crippen LogP) is 1.72. The van der Waals surface area contributed by atoms with E-state index >= 15 is 0 Å². The fourth-order valence-electron chi connectivity index (χ4n) is 3.88. The molecule has 3 aliphatic rings. The molecule has 0 radical (unpaired) electrons. The van der Waals surface area contributed by atoms with Crippen LogP contribution in [0.25, 0.3) is 0 Å². The van der Waals surface area contributed by atoms with Gasteiger partial charge in [0.05, 0.1) is 18.2 Å². The Morgan fingerprint density at radius 3 is 2.58 bits per heavy atom. The van der Waals surface area contributed by atoms with E-state index in [1.54, 1.807) is 0 Å². The van der Waals surface area contributed by atoms with Gasteiger partial charge in [0.15, 0.2) is 0 Å². The second kappa shape index (κ2) is 5.80. The number of ether oxygens (including phenoxy) is 1. The maximum Gasteiger partial charge on any atom is 0.220 e. The molecule has 3 N–H and O–H groups in total. The molecule has 0 aromatic rings. The zero-order chi connectivity index (χ0) is 13.2. The minimum atomic E-state index is 0.219. The Hall–Kier alpha value is -0.610. The lowest BCUT2D eigenvalue weighted by Crippen LogP contribution is -2.41. The van der Waals surface area contributed by atoms with Gasteiger partial charge in [-0.15, -0.1) is 0 Å². The lowest BCUT2D eigenvalue weighted by atomic mass is 9.83. The monoisotopic (exact) mass is 266 g/mol. The van der Waals surface area contributed by atoms with Crippen molar-refractivity contribution in [3.63, 3.8) is 0 Å². The Morgan fingerprint density at radius 2 is 1.95 bits per heavy atom. The second-order valence-electron chi connectivity index (χ2n) is 6.60. The molecule has 3 atom stereocenters. The number of hydrogen-bond acceptors (Lipinski definition) is 3. The highest BCUT2D eigenvalue weighted by atomic mass is 16.5. The SMILES string of the molecule is NC1CCC(CCC(=O)NC2CC3CCC2O3)CC1. The molecule has 19 heavy (non-hydrogen) atoms. The molecule has 0 spiro atoms. The number of carbonyl (C=O) groups is 1. The average molecular weight is 266 g/mol. The quantitative estimate of drug-likeness (QED) is 0.814. The van der Waals surface area contributed by atoms with E-state index in [1.807, 2.05) is 0 Å². The van der Waals surface area contributed by atoms with Crippen LogP contribution in [0.2, 0.25) is 0 Å². The second-order valence-corrected chi connectivity index (χ2v) is 6.60. The molecule has 2 heterocycles. The fourth-order valence-corrected chi connectivity index (χ4v) is 3.88. The van der Waals surface area contributed by atoms with Crippen molar-refractivity contribution in [3.8, 4) is 0 Å². The number of carbonyl (C=O) groups excluding carboxylic acids is 1. The predicted molar refractivity (Wildman–Crippen MR) is 73.6 cm³/mol. The Balaban J connectivity index is 1.35. The standard InChI is InChI=1S/C15H26N2O2/c16-11-4-1-10(2-5-11)3-8-15(18)17-13-9-12-6-7-14(13)19-12/h10-14H,1-9,16H2,(H,17,18). The molecule has 0 aromatic heterocycles. The summed E-state index contributed by atoms with van der Waals surface area (Å²) in [5.74, 6) is 0.929. The molecule has 3 fully saturated rings. The zero-order valence-corrected chi connectivity index (χ0v) is 11.6. The molecule has 108 valence electrons. The normalized spacial score (nSPS) is 41.4. The lowest BCUT2D eigenvalue weighted by molar-refractivity contribution is -0.122. The van der Waals surface area contributed by atoms with Gasteiger partial charge >= 0.3 is 0 Å². The summed E-state index contributed by atoms with van der Waals surface area (Å²) < 4.78 is 5.76. The summed E-state index contributed by atoms with van der Waals surface area (Å²) in [5.41, 5.74) is 5.90. The largest absolute Gasteiger partial charge is 0.373 e. The van der Waals surface area contributed by atoms with Gasteiger partial charge in [-0.05, 0) is 57.3 Å². The topological polar surface area (TPSA) is 64.4 Å². The van der Waals surface area contributed by atoms with Crippen molar-refractivity contribution in [3.05, 3.63) is 0 Å². The molecule has 1 amide bonds. The molecule has 2 bridgehead atoms. The first kappa shape index (κ1) is 13.4. The molecular weight excluding hydrogens is 240 g/mol. The van der Waals surface area contributed by atoms with Gasteiger partial charge in [-0.2, -0.15) is 0 Å². The summed E-state index contributed by atoms with van der Waals surface area (Å²) in [6.07, 6.45) is 10.4. The average Bonchev–Trinajstić information content (AvgIpc) is 3.00. The third-order valence-corrected chi connectivity index (χ3v) is 5.12. The molecule has 3 unspecified atom stereocenters. The van der Waals surface area contributed by atoms with E-state index in [0.29, 0.717) is 30.6 Å². The zero-order valence-electron chi connectivity index (χ0n) is 11.6. The molecule has 0 aromatic carbocycles. The van der Waals surface area contributed by atoms with Gasteiger partial charge in [-0.25, -0.2) is 0 Å². The van der Waals surface area contributed by atoms with Crippen LogP contribution in [-0.2, 0) is 9.53 Å². The number of amides is 1. The molecule has 2 saturated heterocycles. The fraction of sp³-hybridized carbons (Fsp3) is 0.933. The highest BCUT2D eigenvalue weighted by Crippen LogP contribution is 2.34. The van der Waals surface area contributed by atoms with E-state index in [0.717, 1.165) is 32.1 Å².